The molecule has 0 saturated carbocycles. The van der Waals surface area contributed by atoms with Crippen LogP contribution in [0.3, 0.4) is 0 Å². The van der Waals surface area contributed by atoms with Crippen molar-refractivity contribution in [2.45, 2.75) is 6.92 Å². The zero-order valence-corrected chi connectivity index (χ0v) is 8.71. The molecule has 0 rings (SSSR count). The van der Waals surface area contributed by atoms with Crippen molar-refractivity contribution in [1.29, 1.82) is 0 Å². The number of hydrogen-bond donors (Lipinski definition) is 4. The highest BCUT2D eigenvalue weighted by Gasteiger charge is 2.10. The molecule has 0 amide bonds. The Labute approximate surface area is 95.1 Å². The minimum Gasteiger partial charge on any atom is -0.478 e. The molecule has 0 aliphatic carbocycles. The van der Waals surface area contributed by atoms with Gasteiger partial charge in [0.2, 0.25) is 0 Å². The molecule has 0 unspecified atom stereocenters. The number of rotatable bonds is 4. The van der Waals surface area contributed by atoms with Crippen molar-refractivity contribution in [3.05, 3.63) is 23.8 Å². The molecule has 0 radical (unpaired) electrons. The highest BCUT2D eigenvalue weighted by atomic mass is 16.4. The summed E-state index contributed by atoms with van der Waals surface area (Å²) in [5.74, 6) is -5.46. The summed E-state index contributed by atoms with van der Waals surface area (Å²) in [5.41, 5.74) is -0.993. The van der Waals surface area contributed by atoms with Gasteiger partial charge in [-0.15, -0.1) is 0 Å². The van der Waals surface area contributed by atoms with Gasteiger partial charge in [-0.05, 0) is 6.92 Å². The maximum atomic E-state index is 9.90. The van der Waals surface area contributed by atoms with Gasteiger partial charge in [0.15, 0.2) is 0 Å². The van der Waals surface area contributed by atoms with Crippen LogP contribution in [0.1, 0.15) is 6.92 Å². The summed E-state index contributed by atoms with van der Waals surface area (Å²) < 4.78 is 0. The Balaban J connectivity index is 0. The monoisotopic (exact) mass is 246 g/mol. The Morgan fingerprint density at radius 1 is 0.882 bits per heavy atom. The predicted octanol–water partition coefficient (Wildman–Crippen LogP) is -0.186. The van der Waals surface area contributed by atoms with Gasteiger partial charge in [-0.25, -0.2) is 19.2 Å². The van der Waals surface area contributed by atoms with Gasteiger partial charge in [-0.3, -0.25) is 0 Å². The Hall–Kier alpha value is -2.64. The van der Waals surface area contributed by atoms with Crippen molar-refractivity contribution in [1.82, 2.24) is 0 Å². The molecule has 0 aromatic rings. The molecule has 0 heterocycles. The Morgan fingerprint density at radius 3 is 1.29 bits per heavy atom. The molecule has 94 valence electrons. The molecule has 0 aromatic heterocycles. The third-order valence-electron chi connectivity index (χ3n) is 1.19. The first kappa shape index (κ1) is 16.8. The van der Waals surface area contributed by atoms with E-state index in [1.807, 2.05) is 0 Å². The molecular weight excluding hydrogens is 236 g/mol. The van der Waals surface area contributed by atoms with E-state index in [1.165, 1.54) is 6.92 Å². The average molecular weight is 246 g/mol. The van der Waals surface area contributed by atoms with E-state index < -0.39 is 29.5 Å². The first-order chi connectivity index (χ1) is 7.59. The largest absolute Gasteiger partial charge is 0.478 e. The normalized spacial score (nSPS) is 9.59. The van der Waals surface area contributed by atoms with Crippen LogP contribution in [0, 0.1) is 0 Å². The molecule has 0 bridgehead atoms. The summed E-state index contributed by atoms with van der Waals surface area (Å²) in [6.07, 6.45) is 0.641. The van der Waals surface area contributed by atoms with E-state index in [9.17, 15) is 19.2 Å². The highest BCUT2D eigenvalue weighted by molar-refractivity contribution is 6.11. The van der Waals surface area contributed by atoms with E-state index in [2.05, 4.69) is 6.58 Å². The Morgan fingerprint density at radius 2 is 1.24 bits per heavy atom. The zero-order chi connectivity index (χ0) is 14.2. The highest BCUT2D eigenvalue weighted by Crippen LogP contribution is 1.89. The molecule has 0 atom stereocenters. The van der Waals surface area contributed by atoms with Crippen LogP contribution in [0.4, 0.5) is 0 Å². The summed E-state index contributed by atoms with van der Waals surface area (Å²) in [6, 6.07) is 0. The number of carboxylic acids is 4. The summed E-state index contributed by atoms with van der Waals surface area (Å²) in [5, 5.41) is 31.8. The number of hydrogen-bond acceptors (Lipinski definition) is 4. The molecule has 0 aromatic carbocycles. The smallest absolute Gasteiger partial charge is 0.342 e. The second kappa shape index (κ2) is 7.63. The lowest BCUT2D eigenvalue weighted by molar-refractivity contribution is -0.140. The van der Waals surface area contributed by atoms with Crippen LogP contribution in [0.2, 0.25) is 0 Å². The number of carbonyl (C=O) groups is 4. The second-order valence-corrected chi connectivity index (χ2v) is 2.56. The first-order valence-electron chi connectivity index (χ1n) is 3.89. The van der Waals surface area contributed by atoms with E-state index >= 15 is 0 Å². The topological polar surface area (TPSA) is 149 Å². The lowest BCUT2D eigenvalue weighted by Gasteiger charge is -1.86. The van der Waals surface area contributed by atoms with Crippen molar-refractivity contribution < 1.29 is 39.6 Å². The molecule has 4 N–H and O–H groups in total. The van der Waals surface area contributed by atoms with Crippen LogP contribution in [-0.2, 0) is 19.2 Å². The van der Waals surface area contributed by atoms with Gasteiger partial charge in [0.05, 0.1) is 0 Å². The van der Waals surface area contributed by atoms with Crippen LogP contribution in [0.25, 0.3) is 0 Å². The SMILES string of the molecule is C/C(=C/C(=O)O)C(=O)O.C=C(C(=O)O)C(=O)O. The van der Waals surface area contributed by atoms with Crippen LogP contribution in [-0.4, -0.2) is 44.3 Å². The van der Waals surface area contributed by atoms with Crippen molar-refractivity contribution in [3.63, 3.8) is 0 Å². The van der Waals surface area contributed by atoms with Crippen molar-refractivity contribution >= 4 is 23.9 Å². The first-order valence-corrected chi connectivity index (χ1v) is 3.89. The quantitative estimate of drug-likeness (QED) is 0.303. The third kappa shape index (κ3) is 9.66. The lowest BCUT2D eigenvalue weighted by Crippen LogP contribution is -2.08. The molecule has 0 saturated heterocycles. The molecule has 8 heteroatoms. The second-order valence-electron chi connectivity index (χ2n) is 2.56. The van der Waals surface area contributed by atoms with Crippen LogP contribution in [0.15, 0.2) is 23.8 Å². The minimum absolute atomic E-state index is 0.178. The maximum absolute atomic E-state index is 9.90. The summed E-state index contributed by atoms with van der Waals surface area (Å²) in [6.45, 7) is 3.97. The van der Waals surface area contributed by atoms with Gasteiger partial charge in [0.25, 0.3) is 0 Å². The van der Waals surface area contributed by atoms with Crippen molar-refractivity contribution in [3.8, 4) is 0 Å². The molecule has 0 aliphatic heterocycles. The third-order valence-corrected chi connectivity index (χ3v) is 1.19. The summed E-state index contributed by atoms with van der Waals surface area (Å²) in [4.78, 5) is 39.0. The average Bonchev–Trinajstić information content (AvgIpc) is 2.15. The van der Waals surface area contributed by atoms with Crippen molar-refractivity contribution in [2.24, 2.45) is 0 Å². The van der Waals surface area contributed by atoms with Crippen LogP contribution in [0.5, 0.6) is 0 Å². The number of carboxylic acid groups (broad SMARTS) is 4. The van der Waals surface area contributed by atoms with Gasteiger partial charge in [-0.1, -0.05) is 6.58 Å². The fraction of sp³-hybridized carbons (Fsp3) is 0.111. The molecule has 0 fully saturated rings. The van der Waals surface area contributed by atoms with Crippen LogP contribution < -0.4 is 0 Å². The van der Waals surface area contributed by atoms with E-state index in [0.717, 1.165) is 0 Å². The Bertz CT molecular complexity index is 374. The van der Waals surface area contributed by atoms with Crippen LogP contribution >= 0.6 is 0 Å². The fourth-order valence-corrected chi connectivity index (χ4v) is 0.338. The van der Waals surface area contributed by atoms with Gasteiger partial charge < -0.3 is 20.4 Å². The fourth-order valence-electron chi connectivity index (χ4n) is 0.338. The van der Waals surface area contributed by atoms with E-state index in [1.54, 1.807) is 0 Å². The number of aliphatic carboxylic acids is 4. The molecule has 0 aliphatic rings. The summed E-state index contributed by atoms with van der Waals surface area (Å²) in [7, 11) is 0. The molecule has 17 heavy (non-hydrogen) atoms. The van der Waals surface area contributed by atoms with E-state index in [-0.39, 0.29) is 5.57 Å². The van der Waals surface area contributed by atoms with E-state index in [0.29, 0.717) is 6.08 Å². The predicted molar refractivity (Wildman–Crippen MR) is 53.4 cm³/mol. The maximum Gasteiger partial charge on any atom is 0.342 e. The van der Waals surface area contributed by atoms with Gasteiger partial charge in [-0.2, -0.15) is 0 Å². The van der Waals surface area contributed by atoms with E-state index in [4.69, 9.17) is 20.4 Å². The molecule has 8 nitrogen and oxygen atoms in total. The zero-order valence-electron chi connectivity index (χ0n) is 8.71. The minimum atomic E-state index is -1.50. The van der Waals surface area contributed by atoms with Gasteiger partial charge in [0, 0.05) is 11.6 Å². The van der Waals surface area contributed by atoms with Gasteiger partial charge in [0.1, 0.15) is 5.57 Å². The summed E-state index contributed by atoms with van der Waals surface area (Å²) >= 11 is 0. The molecular formula is C9H10O8. The van der Waals surface area contributed by atoms with Crippen molar-refractivity contribution in [2.75, 3.05) is 0 Å². The molecule has 0 spiro atoms. The lowest BCUT2D eigenvalue weighted by atomic mass is 10.3. The Kier molecular flexibility index (Phi) is 7.53. The standard InChI is InChI=1S/C5H6O4.C4H4O4/c1-3(5(8)9)2-4(6)7;1-2(3(5)6)4(7)8/h2H,1H3,(H,6,7)(H,8,9);1H2,(H,5,6)(H,7,8)/b3-2-;. The van der Waals surface area contributed by atoms with Gasteiger partial charge >= 0.3 is 23.9 Å².